The molecule has 0 aliphatic carbocycles. The predicted octanol–water partition coefficient (Wildman–Crippen LogP) is 4.58. The molecule has 2 heterocycles. The summed E-state index contributed by atoms with van der Waals surface area (Å²) in [7, 11) is 0. The number of nitrogens with one attached hydrogen (secondary N) is 2. The normalized spacial score (nSPS) is 17.5. The fraction of sp³-hybridized carbons (Fsp3) is 0.300. The number of halogens is 1. The number of rotatable bonds is 5. The van der Waals surface area contributed by atoms with Crippen LogP contribution in [0.4, 0.5) is 11.4 Å². The number of anilines is 2. The molecule has 1 fully saturated rings. The first kappa shape index (κ1) is 26.7. The lowest BCUT2D eigenvalue weighted by Crippen LogP contribution is -2.38. The molecule has 2 aliphatic heterocycles. The van der Waals surface area contributed by atoms with Crippen LogP contribution in [-0.4, -0.2) is 55.4 Å². The number of fused-ring (bicyclic) bond motifs is 1. The van der Waals surface area contributed by atoms with Crippen LogP contribution in [0.5, 0.6) is 5.75 Å². The second-order valence-corrected chi connectivity index (χ2v) is 10.2. The Labute approximate surface area is 232 Å². The maximum absolute atomic E-state index is 13.8. The summed E-state index contributed by atoms with van der Waals surface area (Å²) in [5.74, 6) is -0.138. The Kier molecular flexibility index (Phi) is 8.14. The van der Waals surface area contributed by atoms with E-state index in [1.807, 2.05) is 36.1 Å². The third kappa shape index (κ3) is 6.24. The van der Waals surface area contributed by atoms with E-state index < -0.39 is 6.04 Å². The van der Waals surface area contributed by atoms with Gasteiger partial charge in [-0.15, -0.1) is 0 Å². The summed E-state index contributed by atoms with van der Waals surface area (Å²) in [6.45, 7) is 4.64. The van der Waals surface area contributed by atoms with E-state index in [-0.39, 0.29) is 30.7 Å². The summed E-state index contributed by atoms with van der Waals surface area (Å²) in [5.41, 5.74) is 3.32. The number of aryl methyl sites for hydroxylation is 1. The highest BCUT2D eigenvalue weighted by Crippen LogP contribution is 2.39. The number of hydrogen-bond acceptors (Lipinski definition) is 5. The van der Waals surface area contributed by atoms with Crippen molar-refractivity contribution in [3.8, 4) is 5.75 Å². The molecular formula is C30H31ClN4O4. The summed E-state index contributed by atoms with van der Waals surface area (Å²) in [4.78, 5) is 43.6. The standard InChI is InChI=1S/C30H31ClN4O4/c1-20-3-5-21(6-4-20)27-18-28(36)33-25-17-22(30(38)34-15-2-13-32-14-16-34)7-12-26(25)35(27)29(37)19-39-24-10-8-23(31)9-11-24/h3-12,17,27,32H,2,13-16,18-19H2,1H3,(H,33,36). The van der Waals surface area contributed by atoms with Gasteiger partial charge in [-0.25, -0.2) is 0 Å². The SMILES string of the molecule is Cc1ccc(C2CC(=O)Nc3cc(C(=O)N4CCCNCC4)ccc3N2C(=O)COc2ccc(Cl)cc2)cc1. The Balaban J connectivity index is 1.49. The van der Waals surface area contributed by atoms with Gasteiger partial charge in [0, 0.05) is 30.2 Å². The molecule has 3 aromatic carbocycles. The summed E-state index contributed by atoms with van der Waals surface area (Å²) in [6.07, 6.45) is 0.938. The van der Waals surface area contributed by atoms with Crippen molar-refractivity contribution < 1.29 is 19.1 Å². The van der Waals surface area contributed by atoms with Gasteiger partial charge in [0.2, 0.25) is 5.91 Å². The highest BCUT2D eigenvalue weighted by Gasteiger charge is 2.34. The maximum Gasteiger partial charge on any atom is 0.265 e. The number of nitrogens with zero attached hydrogens (tertiary/aromatic N) is 2. The van der Waals surface area contributed by atoms with E-state index in [1.165, 1.54) is 0 Å². The fourth-order valence-corrected chi connectivity index (χ4v) is 5.08. The minimum absolute atomic E-state index is 0.0610. The first-order valence-electron chi connectivity index (χ1n) is 13.1. The molecule has 9 heteroatoms. The van der Waals surface area contributed by atoms with Crippen molar-refractivity contribution in [2.45, 2.75) is 25.8 Å². The van der Waals surface area contributed by atoms with Crippen molar-refractivity contribution in [1.82, 2.24) is 10.2 Å². The molecular weight excluding hydrogens is 516 g/mol. The number of carbonyl (C=O) groups is 3. The van der Waals surface area contributed by atoms with Crippen molar-refractivity contribution in [2.75, 3.05) is 43.0 Å². The Morgan fingerprint density at radius 1 is 1.00 bits per heavy atom. The lowest BCUT2D eigenvalue weighted by atomic mass is 9.99. The summed E-state index contributed by atoms with van der Waals surface area (Å²) >= 11 is 5.98. The third-order valence-electron chi connectivity index (χ3n) is 7.00. The van der Waals surface area contributed by atoms with Crippen LogP contribution in [0, 0.1) is 6.92 Å². The van der Waals surface area contributed by atoms with Gasteiger partial charge in [-0.05, 0) is 67.9 Å². The molecule has 3 amide bonds. The van der Waals surface area contributed by atoms with Gasteiger partial charge < -0.3 is 20.3 Å². The van der Waals surface area contributed by atoms with Gasteiger partial charge >= 0.3 is 0 Å². The van der Waals surface area contributed by atoms with Crippen molar-refractivity contribution in [1.29, 1.82) is 0 Å². The first-order valence-corrected chi connectivity index (χ1v) is 13.5. The minimum Gasteiger partial charge on any atom is -0.484 e. The van der Waals surface area contributed by atoms with Crippen LogP contribution in [0.1, 0.15) is 40.4 Å². The molecule has 1 atom stereocenters. The zero-order valence-electron chi connectivity index (χ0n) is 21.8. The van der Waals surface area contributed by atoms with Crippen LogP contribution in [0.2, 0.25) is 5.02 Å². The van der Waals surface area contributed by atoms with E-state index in [1.54, 1.807) is 47.4 Å². The lowest BCUT2D eigenvalue weighted by Gasteiger charge is -2.31. The van der Waals surface area contributed by atoms with Crippen molar-refractivity contribution in [3.05, 3.63) is 88.4 Å². The maximum atomic E-state index is 13.8. The molecule has 0 aromatic heterocycles. The molecule has 202 valence electrons. The predicted molar refractivity (Wildman–Crippen MR) is 151 cm³/mol. The molecule has 1 saturated heterocycles. The highest BCUT2D eigenvalue weighted by atomic mass is 35.5. The van der Waals surface area contributed by atoms with Gasteiger partial charge in [-0.2, -0.15) is 0 Å². The molecule has 1 unspecified atom stereocenters. The zero-order valence-corrected chi connectivity index (χ0v) is 22.5. The topological polar surface area (TPSA) is 91.0 Å². The Morgan fingerprint density at radius 2 is 1.77 bits per heavy atom. The number of ether oxygens (including phenoxy) is 1. The lowest BCUT2D eigenvalue weighted by molar-refractivity contribution is -0.121. The summed E-state index contributed by atoms with van der Waals surface area (Å²) in [5, 5.41) is 6.81. The second kappa shape index (κ2) is 11.9. The molecule has 0 bridgehead atoms. The smallest absolute Gasteiger partial charge is 0.265 e. The monoisotopic (exact) mass is 546 g/mol. The van der Waals surface area contributed by atoms with Gasteiger partial charge in [0.05, 0.1) is 23.8 Å². The van der Waals surface area contributed by atoms with E-state index in [9.17, 15) is 14.4 Å². The highest BCUT2D eigenvalue weighted by molar-refractivity contribution is 6.30. The molecule has 8 nitrogen and oxygen atoms in total. The van der Waals surface area contributed by atoms with Crippen LogP contribution >= 0.6 is 11.6 Å². The van der Waals surface area contributed by atoms with E-state index in [0.29, 0.717) is 40.8 Å². The van der Waals surface area contributed by atoms with Crippen molar-refractivity contribution in [3.63, 3.8) is 0 Å². The van der Waals surface area contributed by atoms with E-state index in [4.69, 9.17) is 16.3 Å². The van der Waals surface area contributed by atoms with Crippen LogP contribution in [-0.2, 0) is 9.59 Å². The van der Waals surface area contributed by atoms with E-state index in [2.05, 4.69) is 10.6 Å². The first-order chi connectivity index (χ1) is 18.9. The Hall–Kier alpha value is -3.88. The average Bonchev–Trinajstić information content (AvgIpc) is 3.30. The minimum atomic E-state index is -0.550. The number of hydrogen-bond donors (Lipinski definition) is 2. The molecule has 0 saturated carbocycles. The van der Waals surface area contributed by atoms with Gasteiger partial charge in [-0.1, -0.05) is 41.4 Å². The molecule has 0 radical (unpaired) electrons. The van der Waals surface area contributed by atoms with Crippen molar-refractivity contribution in [2.24, 2.45) is 0 Å². The number of carbonyl (C=O) groups excluding carboxylic acids is 3. The fourth-order valence-electron chi connectivity index (χ4n) is 4.96. The van der Waals surface area contributed by atoms with Gasteiger partial charge in [0.1, 0.15) is 5.75 Å². The molecule has 2 N–H and O–H groups in total. The van der Waals surface area contributed by atoms with Gasteiger partial charge in [-0.3, -0.25) is 19.3 Å². The van der Waals surface area contributed by atoms with E-state index >= 15 is 0 Å². The summed E-state index contributed by atoms with van der Waals surface area (Å²) in [6, 6.07) is 19.2. The quantitative estimate of drug-likeness (QED) is 0.489. The third-order valence-corrected chi connectivity index (χ3v) is 7.25. The Bertz CT molecular complexity index is 1350. The van der Waals surface area contributed by atoms with Crippen LogP contribution in [0.15, 0.2) is 66.7 Å². The molecule has 2 aliphatic rings. The molecule has 5 rings (SSSR count). The molecule has 0 spiro atoms. The van der Waals surface area contributed by atoms with Crippen LogP contribution in [0.3, 0.4) is 0 Å². The van der Waals surface area contributed by atoms with E-state index in [0.717, 1.165) is 30.6 Å². The number of benzene rings is 3. The number of amides is 3. The largest absolute Gasteiger partial charge is 0.484 e. The van der Waals surface area contributed by atoms with Gasteiger partial charge in [0.25, 0.3) is 11.8 Å². The van der Waals surface area contributed by atoms with Crippen LogP contribution in [0.25, 0.3) is 0 Å². The van der Waals surface area contributed by atoms with Crippen molar-refractivity contribution >= 4 is 40.7 Å². The Morgan fingerprint density at radius 3 is 2.54 bits per heavy atom. The zero-order chi connectivity index (χ0) is 27.4. The van der Waals surface area contributed by atoms with Gasteiger partial charge in [0.15, 0.2) is 6.61 Å². The van der Waals surface area contributed by atoms with Crippen LogP contribution < -0.4 is 20.3 Å². The average molecular weight is 547 g/mol. The second-order valence-electron chi connectivity index (χ2n) is 9.81. The molecule has 3 aromatic rings. The molecule has 39 heavy (non-hydrogen) atoms. The summed E-state index contributed by atoms with van der Waals surface area (Å²) < 4.78 is 5.79.